The summed E-state index contributed by atoms with van der Waals surface area (Å²) in [6.07, 6.45) is 2.35. The summed E-state index contributed by atoms with van der Waals surface area (Å²) < 4.78 is 26.4. The van der Waals surface area contributed by atoms with E-state index in [-0.39, 0.29) is 5.91 Å². The lowest BCUT2D eigenvalue weighted by atomic mass is 10.0. The zero-order valence-corrected chi connectivity index (χ0v) is 12.3. The third-order valence-corrected chi connectivity index (χ3v) is 4.48. The summed E-state index contributed by atoms with van der Waals surface area (Å²) in [4.78, 5) is 14.0. The lowest BCUT2D eigenvalue weighted by Gasteiger charge is -2.18. The van der Waals surface area contributed by atoms with Crippen molar-refractivity contribution in [2.45, 2.75) is 26.2 Å². The molecule has 2 nitrogen and oxygen atoms in total. The minimum atomic E-state index is -2.74. The maximum atomic E-state index is 13.2. The van der Waals surface area contributed by atoms with E-state index in [9.17, 15) is 13.6 Å². The Labute approximate surface area is 123 Å². The monoisotopic (exact) mass is 291 g/mol. The lowest BCUT2D eigenvalue weighted by Crippen LogP contribution is -2.32. The molecule has 0 bridgehead atoms. The molecule has 0 saturated heterocycles. The first-order chi connectivity index (χ1) is 9.88. The van der Waals surface area contributed by atoms with E-state index in [0.717, 1.165) is 18.1 Å². The Morgan fingerprint density at radius 1 is 1.33 bits per heavy atom. The zero-order chi connectivity index (χ0) is 15.2. The molecule has 1 aromatic carbocycles. The molecule has 2 atom stereocenters. The number of hydrogen-bond acceptors (Lipinski definition) is 1. The van der Waals surface area contributed by atoms with E-state index in [4.69, 9.17) is 0 Å². The molecule has 112 valence electrons. The number of halogens is 2. The lowest BCUT2D eigenvalue weighted by molar-refractivity contribution is -0.132. The van der Waals surface area contributed by atoms with Gasteiger partial charge in [-0.25, -0.2) is 8.78 Å². The van der Waals surface area contributed by atoms with E-state index in [1.807, 2.05) is 37.3 Å². The average Bonchev–Trinajstić information content (AvgIpc) is 3.10. The van der Waals surface area contributed by atoms with E-state index in [2.05, 4.69) is 0 Å². The molecule has 1 saturated carbocycles. The molecular formula is C17H19F2NO. The van der Waals surface area contributed by atoms with Crippen LogP contribution in [0.25, 0.3) is 5.57 Å². The number of amides is 1. The smallest absolute Gasteiger partial charge is 0.248 e. The molecule has 21 heavy (non-hydrogen) atoms. The Balaban J connectivity index is 1.65. The topological polar surface area (TPSA) is 20.3 Å². The molecule has 3 rings (SSSR count). The highest BCUT2D eigenvalue weighted by Gasteiger charge is 2.56. The Morgan fingerprint density at radius 2 is 2.05 bits per heavy atom. The SMILES string of the molecule is Cc1ccccc1C1=CCN(C(=O)[C@@H]2C[C@H]2C(C)(F)F)C1. The van der Waals surface area contributed by atoms with Gasteiger partial charge in [0.1, 0.15) is 0 Å². The summed E-state index contributed by atoms with van der Waals surface area (Å²) in [6.45, 7) is 4.00. The fourth-order valence-electron chi connectivity index (χ4n) is 3.11. The highest BCUT2D eigenvalue weighted by molar-refractivity contribution is 5.86. The summed E-state index contributed by atoms with van der Waals surface area (Å²) in [7, 11) is 0. The predicted molar refractivity (Wildman–Crippen MR) is 78.0 cm³/mol. The second-order valence-corrected chi connectivity index (χ2v) is 6.17. The number of nitrogens with zero attached hydrogens (tertiary/aromatic N) is 1. The third-order valence-electron chi connectivity index (χ3n) is 4.48. The van der Waals surface area contributed by atoms with E-state index in [0.29, 0.717) is 19.5 Å². The summed E-state index contributed by atoms with van der Waals surface area (Å²) >= 11 is 0. The summed E-state index contributed by atoms with van der Waals surface area (Å²) in [6, 6.07) is 8.03. The molecule has 1 aromatic rings. The van der Waals surface area contributed by atoms with Gasteiger partial charge >= 0.3 is 0 Å². The van der Waals surface area contributed by atoms with Crippen molar-refractivity contribution in [1.29, 1.82) is 0 Å². The van der Waals surface area contributed by atoms with E-state index >= 15 is 0 Å². The van der Waals surface area contributed by atoms with Crippen LogP contribution in [0.1, 0.15) is 24.5 Å². The van der Waals surface area contributed by atoms with Crippen molar-refractivity contribution in [3.05, 3.63) is 41.5 Å². The van der Waals surface area contributed by atoms with Crippen LogP contribution in [0.3, 0.4) is 0 Å². The Morgan fingerprint density at radius 3 is 2.67 bits per heavy atom. The van der Waals surface area contributed by atoms with Crippen LogP contribution in [-0.2, 0) is 4.79 Å². The number of carbonyl (C=O) groups excluding carboxylic acids is 1. The van der Waals surface area contributed by atoms with Crippen LogP contribution in [0.15, 0.2) is 30.3 Å². The van der Waals surface area contributed by atoms with Crippen molar-refractivity contribution in [3.63, 3.8) is 0 Å². The molecule has 0 aromatic heterocycles. The first kappa shape index (κ1) is 14.2. The van der Waals surface area contributed by atoms with Gasteiger partial charge in [-0.2, -0.15) is 0 Å². The number of alkyl halides is 2. The molecule has 1 heterocycles. The fourth-order valence-corrected chi connectivity index (χ4v) is 3.11. The van der Waals surface area contributed by atoms with Gasteiger partial charge in [0.25, 0.3) is 0 Å². The van der Waals surface area contributed by atoms with Crippen molar-refractivity contribution in [1.82, 2.24) is 4.90 Å². The van der Waals surface area contributed by atoms with Gasteiger partial charge in [0, 0.05) is 24.9 Å². The molecule has 2 aliphatic rings. The molecule has 0 radical (unpaired) electrons. The molecule has 1 aliphatic carbocycles. The first-order valence-electron chi connectivity index (χ1n) is 7.29. The normalized spacial score (nSPS) is 25.0. The van der Waals surface area contributed by atoms with Gasteiger partial charge in [-0.3, -0.25) is 4.79 Å². The summed E-state index contributed by atoms with van der Waals surface area (Å²) in [5.41, 5.74) is 3.42. The third kappa shape index (κ3) is 2.71. The van der Waals surface area contributed by atoms with Crippen LogP contribution in [0.4, 0.5) is 8.78 Å². The van der Waals surface area contributed by atoms with Crippen LogP contribution >= 0.6 is 0 Å². The highest BCUT2D eigenvalue weighted by Crippen LogP contribution is 2.50. The number of hydrogen-bond donors (Lipinski definition) is 0. The highest BCUT2D eigenvalue weighted by atomic mass is 19.3. The second kappa shape index (κ2) is 4.93. The largest absolute Gasteiger partial charge is 0.334 e. The molecule has 1 amide bonds. The Kier molecular flexibility index (Phi) is 3.34. The molecule has 1 aliphatic heterocycles. The van der Waals surface area contributed by atoms with Crippen LogP contribution in [-0.4, -0.2) is 29.8 Å². The van der Waals surface area contributed by atoms with Crippen molar-refractivity contribution < 1.29 is 13.6 Å². The Bertz CT molecular complexity index is 603. The minimum absolute atomic E-state index is 0.124. The number of rotatable bonds is 3. The van der Waals surface area contributed by atoms with Gasteiger partial charge in [0.2, 0.25) is 11.8 Å². The van der Waals surface area contributed by atoms with E-state index in [1.165, 1.54) is 5.56 Å². The minimum Gasteiger partial charge on any atom is -0.334 e. The van der Waals surface area contributed by atoms with Crippen molar-refractivity contribution in [3.8, 4) is 0 Å². The van der Waals surface area contributed by atoms with Gasteiger partial charge < -0.3 is 4.90 Å². The van der Waals surface area contributed by atoms with Gasteiger partial charge in [-0.05, 0) is 37.0 Å². The number of benzene rings is 1. The van der Waals surface area contributed by atoms with Crippen LogP contribution in [0, 0.1) is 18.8 Å². The maximum Gasteiger partial charge on any atom is 0.248 e. The van der Waals surface area contributed by atoms with E-state index in [1.54, 1.807) is 4.90 Å². The summed E-state index contributed by atoms with van der Waals surface area (Å²) in [5.74, 6) is -4.13. The Hall–Kier alpha value is -1.71. The average molecular weight is 291 g/mol. The van der Waals surface area contributed by atoms with Gasteiger partial charge in [-0.15, -0.1) is 0 Å². The fraction of sp³-hybridized carbons (Fsp3) is 0.471. The van der Waals surface area contributed by atoms with E-state index < -0.39 is 17.8 Å². The molecule has 1 fully saturated rings. The molecule has 4 heteroatoms. The van der Waals surface area contributed by atoms with Gasteiger partial charge in [-0.1, -0.05) is 30.3 Å². The molecule has 0 unspecified atom stereocenters. The number of carbonyl (C=O) groups is 1. The molecule has 0 N–H and O–H groups in total. The standard InChI is InChI=1S/C17H19F2NO/c1-11-5-3-4-6-13(11)12-7-8-20(10-12)16(21)14-9-15(14)17(2,18)19/h3-7,14-15H,8-10H2,1-2H3/t14-,15-/m1/s1. The first-order valence-corrected chi connectivity index (χ1v) is 7.29. The second-order valence-electron chi connectivity index (χ2n) is 6.17. The quantitative estimate of drug-likeness (QED) is 0.834. The van der Waals surface area contributed by atoms with Gasteiger partial charge in [0.15, 0.2) is 0 Å². The maximum absolute atomic E-state index is 13.2. The summed E-state index contributed by atoms with van der Waals surface area (Å²) in [5, 5.41) is 0. The van der Waals surface area contributed by atoms with Crippen molar-refractivity contribution >= 4 is 11.5 Å². The van der Waals surface area contributed by atoms with Crippen molar-refractivity contribution in [2.24, 2.45) is 11.8 Å². The van der Waals surface area contributed by atoms with Crippen molar-refractivity contribution in [2.75, 3.05) is 13.1 Å². The van der Waals surface area contributed by atoms with Gasteiger partial charge in [0.05, 0.1) is 0 Å². The molecular weight excluding hydrogens is 272 g/mol. The number of aryl methyl sites for hydroxylation is 1. The van der Waals surface area contributed by atoms with Crippen LogP contribution in [0.5, 0.6) is 0 Å². The zero-order valence-electron chi connectivity index (χ0n) is 12.3. The molecule has 0 spiro atoms. The van der Waals surface area contributed by atoms with Crippen LogP contribution < -0.4 is 0 Å². The predicted octanol–water partition coefficient (Wildman–Crippen LogP) is 3.51. The van der Waals surface area contributed by atoms with Crippen LogP contribution in [0.2, 0.25) is 0 Å².